The van der Waals surface area contributed by atoms with E-state index in [2.05, 4.69) is 48.4 Å². The van der Waals surface area contributed by atoms with E-state index >= 15 is 0 Å². The summed E-state index contributed by atoms with van der Waals surface area (Å²) in [6.45, 7) is 8.25. The molecule has 1 aromatic carbocycles. The summed E-state index contributed by atoms with van der Waals surface area (Å²) < 4.78 is 0. The SMILES string of the molecule is C/C(=N\NC(=O)c1cccnc1)c1csc(-c2ccc(C(C)(C)C)cc2)c1O. The molecule has 2 N–H and O–H groups in total. The van der Waals surface area contributed by atoms with Gasteiger partial charge in [-0.05, 0) is 35.6 Å². The maximum atomic E-state index is 12.1. The number of aromatic hydroxyl groups is 1. The van der Waals surface area contributed by atoms with Gasteiger partial charge in [0.2, 0.25) is 0 Å². The van der Waals surface area contributed by atoms with Crippen molar-refractivity contribution in [3.63, 3.8) is 0 Å². The second kappa shape index (κ2) is 7.94. The third kappa shape index (κ3) is 4.28. The third-order valence-electron chi connectivity index (χ3n) is 4.42. The van der Waals surface area contributed by atoms with E-state index in [-0.39, 0.29) is 17.1 Å². The van der Waals surface area contributed by atoms with Crippen LogP contribution in [0.4, 0.5) is 0 Å². The smallest absolute Gasteiger partial charge is 0.272 e. The van der Waals surface area contributed by atoms with Crippen molar-refractivity contribution in [3.8, 4) is 16.2 Å². The maximum absolute atomic E-state index is 12.1. The van der Waals surface area contributed by atoms with Gasteiger partial charge < -0.3 is 5.11 Å². The Balaban J connectivity index is 1.79. The van der Waals surface area contributed by atoms with Crippen molar-refractivity contribution in [1.82, 2.24) is 10.4 Å². The minimum Gasteiger partial charge on any atom is -0.506 e. The van der Waals surface area contributed by atoms with Crippen LogP contribution in [-0.4, -0.2) is 21.7 Å². The second-order valence-corrected chi connectivity index (χ2v) is 8.41. The fraction of sp³-hybridized carbons (Fsp3) is 0.227. The van der Waals surface area contributed by atoms with Crippen molar-refractivity contribution in [2.75, 3.05) is 0 Å². The van der Waals surface area contributed by atoms with Gasteiger partial charge in [-0.1, -0.05) is 45.0 Å². The summed E-state index contributed by atoms with van der Waals surface area (Å²) in [5, 5.41) is 16.6. The van der Waals surface area contributed by atoms with Gasteiger partial charge in [0.25, 0.3) is 5.91 Å². The first-order valence-electron chi connectivity index (χ1n) is 8.94. The number of carbonyl (C=O) groups is 1. The zero-order valence-electron chi connectivity index (χ0n) is 16.4. The molecule has 28 heavy (non-hydrogen) atoms. The summed E-state index contributed by atoms with van der Waals surface area (Å²) in [6, 6.07) is 11.6. The van der Waals surface area contributed by atoms with Gasteiger partial charge in [-0.2, -0.15) is 5.10 Å². The molecule has 2 heterocycles. The van der Waals surface area contributed by atoms with Gasteiger partial charge >= 0.3 is 0 Å². The fourth-order valence-electron chi connectivity index (χ4n) is 2.69. The molecule has 144 valence electrons. The molecule has 3 rings (SSSR count). The van der Waals surface area contributed by atoms with Gasteiger partial charge in [-0.25, -0.2) is 5.43 Å². The molecular weight excluding hydrogens is 370 g/mol. The van der Waals surface area contributed by atoms with E-state index in [1.807, 2.05) is 17.5 Å². The molecule has 0 saturated heterocycles. The first kappa shape index (κ1) is 19.8. The number of hydrogen-bond acceptors (Lipinski definition) is 5. The van der Waals surface area contributed by atoms with Crippen molar-refractivity contribution in [1.29, 1.82) is 0 Å². The molecule has 0 bridgehead atoms. The number of amides is 1. The van der Waals surface area contributed by atoms with Crippen LogP contribution in [0, 0.1) is 0 Å². The lowest BCUT2D eigenvalue weighted by molar-refractivity contribution is 0.0954. The topological polar surface area (TPSA) is 74.6 Å². The van der Waals surface area contributed by atoms with Crippen LogP contribution in [0.2, 0.25) is 0 Å². The summed E-state index contributed by atoms with van der Waals surface area (Å²) in [5.74, 6) is -0.175. The summed E-state index contributed by atoms with van der Waals surface area (Å²) in [7, 11) is 0. The number of aromatic nitrogens is 1. The van der Waals surface area contributed by atoms with Gasteiger partial charge in [0.05, 0.1) is 21.7 Å². The minimum atomic E-state index is -0.347. The summed E-state index contributed by atoms with van der Waals surface area (Å²) in [4.78, 5) is 16.8. The highest BCUT2D eigenvalue weighted by Gasteiger charge is 2.17. The Bertz CT molecular complexity index is 1000. The lowest BCUT2D eigenvalue weighted by Crippen LogP contribution is -2.19. The number of rotatable bonds is 4. The van der Waals surface area contributed by atoms with Crippen molar-refractivity contribution in [2.24, 2.45) is 5.10 Å². The molecule has 1 amide bonds. The number of pyridine rings is 1. The van der Waals surface area contributed by atoms with Crippen LogP contribution < -0.4 is 5.43 Å². The van der Waals surface area contributed by atoms with E-state index in [4.69, 9.17) is 0 Å². The van der Waals surface area contributed by atoms with E-state index in [9.17, 15) is 9.90 Å². The molecule has 5 nitrogen and oxygen atoms in total. The largest absolute Gasteiger partial charge is 0.506 e. The minimum absolute atomic E-state index is 0.0803. The summed E-state index contributed by atoms with van der Waals surface area (Å²) in [5.41, 5.74) is 6.33. The molecule has 0 aliphatic carbocycles. The van der Waals surface area contributed by atoms with Crippen LogP contribution in [0.5, 0.6) is 5.75 Å². The average molecular weight is 394 g/mol. The number of nitrogens with zero attached hydrogens (tertiary/aromatic N) is 2. The maximum Gasteiger partial charge on any atom is 0.272 e. The van der Waals surface area contributed by atoms with Crippen LogP contribution in [0.1, 0.15) is 49.2 Å². The zero-order chi connectivity index (χ0) is 20.3. The Kier molecular flexibility index (Phi) is 5.61. The Morgan fingerprint density at radius 2 is 1.89 bits per heavy atom. The highest BCUT2D eigenvalue weighted by Crippen LogP contribution is 2.39. The summed E-state index contributed by atoms with van der Waals surface area (Å²) in [6.07, 6.45) is 3.08. The van der Waals surface area contributed by atoms with Crippen molar-refractivity contribution in [3.05, 3.63) is 70.9 Å². The molecule has 0 aliphatic heterocycles. The van der Waals surface area contributed by atoms with Gasteiger partial charge in [-0.3, -0.25) is 9.78 Å². The number of benzene rings is 1. The number of hydrogen-bond donors (Lipinski definition) is 2. The lowest BCUT2D eigenvalue weighted by Gasteiger charge is -2.19. The Labute approximate surface area is 168 Å². The molecular formula is C22H23N3O2S. The van der Waals surface area contributed by atoms with Gasteiger partial charge in [-0.15, -0.1) is 11.3 Å². The first-order chi connectivity index (χ1) is 13.3. The van der Waals surface area contributed by atoms with E-state index in [1.165, 1.54) is 23.1 Å². The summed E-state index contributed by atoms with van der Waals surface area (Å²) >= 11 is 1.45. The first-order valence-corrected chi connectivity index (χ1v) is 9.81. The van der Waals surface area contributed by atoms with Crippen molar-refractivity contribution >= 4 is 23.0 Å². The zero-order valence-corrected chi connectivity index (χ0v) is 17.2. The Morgan fingerprint density at radius 3 is 2.50 bits per heavy atom. The highest BCUT2D eigenvalue weighted by atomic mass is 32.1. The van der Waals surface area contributed by atoms with Crippen LogP contribution in [0.15, 0.2) is 59.3 Å². The van der Waals surface area contributed by atoms with E-state index < -0.39 is 0 Å². The van der Waals surface area contributed by atoms with E-state index in [1.54, 1.807) is 25.3 Å². The van der Waals surface area contributed by atoms with Crippen molar-refractivity contribution < 1.29 is 9.90 Å². The number of carbonyl (C=O) groups excluding carboxylic acids is 1. The van der Waals surface area contributed by atoms with Crippen LogP contribution in [0.3, 0.4) is 0 Å². The molecule has 2 aromatic heterocycles. The molecule has 6 heteroatoms. The fourth-order valence-corrected chi connectivity index (χ4v) is 3.70. The monoisotopic (exact) mass is 393 g/mol. The molecule has 0 saturated carbocycles. The van der Waals surface area contributed by atoms with Crippen molar-refractivity contribution in [2.45, 2.75) is 33.1 Å². The number of thiophene rings is 1. The normalized spacial score (nSPS) is 12.1. The number of nitrogens with one attached hydrogen (secondary N) is 1. The predicted octanol–water partition coefficient (Wildman–Crippen LogP) is 4.97. The van der Waals surface area contributed by atoms with E-state index in [0.29, 0.717) is 16.8 Å². The van der Waals surface area contributed by atoms with E-state index in [0.717, 1.165) is 10.4 Å². The average Bonchev–Trinajstić information content (AvgIpc) is 3.07. The number of hydrazone groups is 1. The molecule has 0 atom stereocenters. The second-order valence-electron chi connectivity index (χ2n) is 7.53. The molecule has 0 spiro atoms. The Morgan fingerprint density at radius 1 is 1.18 bits per heavy atom. The molecule has 0 aliphatic rings. The van der Waals surface area contributed by atoms with Gasteiger partial charge in [0.1, 0.15) is 5.75 Å². The van der Waals surface area contributed by atoms with Crippen LogP contribution in [0.25, 0.3) is 10.4 Å². The quantitative estimate of drug-likeness (QED) is 0.485. The molecule has 0 radical (unpaired) electrons. The molecule has 3 aromatic rings. The predicted molar refractivity (Wildman–Crippen MR) is 114 cm³/mol. The van der Waals surface area contributed by atoms with Crippen LogP contribution >= 0.6 is 11.3 Å². The van der Waals surface area contributed by atoms with Crippen LogP contribution in [-0.2, 0) is 5.41 Å². The standard InChI is InChI=1S/C22H23N3O2S/c1-14(24-25-21(27)16-6-5-11-23-12-16)18-13-28-20(19(18)26)15-7-9-17(10-8-15)22(2,3)4/h5-13,26H,1-4H3,(H,25,27)/b24-14+. The molecule has 0 unspecified atom stereocenters. The highest BCUT2D eigenvalue weighted by molar-refractivity contribution is 7.14. The Hall–Kier alpha value is -2.99. The van der Waals surface area contributed by atoms with Gasteiger partial charge in [0, 0.05) is 17.8 Å². The lowest BCUT2D eigenvalue weighted by atomic mass is 9.86. The van der Waals surface area contributed by atoms with Gasteiger partial charge in [0.15, 0.2) is 0 Å². The third-order valence-corrected chi connectivity index (χ3v) is 5.43. The molecule has 0 fully saturated rings.